The highest BCUT2D eigenvalue weighted by Gasteiger charge is 2.35. The molecule has 1 aliphatic heterocycles. The number of carbonyl (C=O) groups is 1. The lowest BCUT2D eigenvalue weighted by Crippen LogP contribution is -2.52. The van der Waals surface area contributed by atoms with E-state index in [1.807, 2.05) is 19.9 Å². The van der Waals surface area contributed by atoms with Gasteiger partial charge in [0.15, 0.2) is 0 Å². The van der Waals surface area contributed by atoms with Crippen LogP contribution >= 0.6 is 24.0 Å². The van der Waals surface area contributed by atoms with E-state index in [0.717, 1.165) is 32.4 Å². The van der Waals surface area contributed by atoms with Gasteiger partial charge in [0.1, 0.15) is 5.75 Å². The van der Waals surface area contributed by atoms with Gasteiger partial charge in [-0.25, -0.2) is 0 Å². The van der Waals surface area contributed by atoms with Crippen molar-refractivity contribution in [1.82, 2.24) is 5.32 Å². The number of ether oxygens (including phenoxy) is 2. The van der Waals surface area contributed by atoms with Gasteiger partial charge in [-0.05, 0) is 51.3 Å². The molecular weight excluding hydrogens is 363 g/mol. The van der Waals surface area contributed by atoms with Crippen molar-refractivity contribution < 1.29 is 14.3 Å². The summed E-state index contributed by atoms with van der Waals surface area (Å²) >= 11 is 6.23. The molecule has 3 rings (SSSR count). The molecule has 1 aromatic rings. The Bertz CT molecular complexity index is 598. The summed E-state index contributed by atoms with van der Waals surface area (Å²) in [5.41, 5.74) is 0.705. The lowest BCUT2D eigenvalue weighted by Gasteiger charge is -2.39. The maximum Gasteiger partial charge on any atom is 0.227 e. The molecule has 0 unspecified atom stereocenters. The van der Waals surface area contributed by atoms with Crippen LogP contribution in [0.4, 0.5) is 5.69 Å². The molecule has 2 aliphatic rings. The van der Waals surface area contributed by atoms with E-state index in [0.29, 0.717) is 16.5 Å². The van der Waals surface area contributed by atoms with Crippen LogP contribution in [0.1, 0.15) is 33.1 Å². The summed E-state index contributed by atoms with van der Waals surface area (Å²) in [6, 6.07) is 5.65. The average Bonchev–Trinajstić information content (AvgIpc) is 2.56. The van der Waals surface area contributed by atoms with Crippen LogP contribution in [0.3, 0.4) is 0 Å². The average molecular weight is 389 g/mol. The third-order valence-electron chi connectivity index (χ3n) is 4.56. The Morgan fingerprint density at radius 3 is 2.92 bits per heavy atom. The third kappa shape index (κ3) is 5.23. The predicted molar refractivity (Wildman–Crippen MR) is 102 cm³/mol. The molecular formula is C18H26Cl2N2O3. The van der Waals surface area contributed by atoms with Gasteiger partial charge >= 0.3 is 0 Å². The van der Waals surface area contributed by atoms with Crippen LogP contribution in [0.15, 0.2) is 18.2 Å². The minimum atomic E-state index is 0. The summed E-state index contributed by atoms with van der Waals surface area (Å²) in [4.78, 5) is 12.6. The van der Waals surface area contributed by atoms with Gasteiger partial charge in [-0.15, -0.1) is 12.4 Å². The monoisotopic (exact) mass is 388 g/mol. The van der Waals surface area contributed by atoms with E-state index in [1.165, 1.54) is 0 Å². The normalized spacial score (nSPS) is 25.7. The molecule has 0 aromatic heterocycles. The third-order valence-corrected chi connectivity index (χ3v) is 4.86. The highest BCUT2D eigenvalue weighted by atomic mass is 35.5. The molecule has 7 heteroatoms. The number of hydrogen-bond acceptors (Lipinski definition) is 4. The van der Waals surface area contributed by atoms with Crippen molar-refractivity contribution in [2.24, 2.45) is 5.92 Å². The zero-order valence-corrected chi connectivity index (χ0v) is 16.2. The number of halogens is 2. The van der Waals surface area contributed by atoms with Crippen LogP contribution in [0.5, 0.6) is 5.75 Å². The Kier molecular flexibility index (Phi) is 7.37. The van der Waals surface area contributed by atoms with Gasteiger partial charge in [-0.2, -0.15) is 0 Å². The second-order valence-corrected chi connectivity index (χ2v) is 7.19. The highest BCUT2D eigenvalue weighted by molar-refractivity contribution is 6.32. The summed E-state index contributed by atoms with van der Waals surface area (Å²) in [5.74, 6) is 0.689. The number of fused-ring (bicyclic) bond motifs is 1. The summed E-state index contributed by atoms with van der Waals surface area (Å²) in [6.45, 7) is 5.53. The van der Waals surface area contributed by atoms with Gasteiger partial charge in [0, 0.05) is 24.2 Å². The Morgan fingerprint density at radius 2 is 2.20 bits per heavy atom. The van der Waals surface area contributed by atoms with E-state index in [9.17, 15) is 4.79 Å². The van der Waals surface area contributed by atoms with Crippen molar-refractivity contribution in [3.05, 3.63) is 23.2 Å². The maximum atomic E-state index is 12.6. The van der Waals surface area contributed by atoms with Gasteiger partial charge < -0.3 is 20.1 Å². The lowest BCUT2D eigenvalue weighted by molar-refractivity contribution is -0.123. The fourth-order valence-electron chi connectivity index (χ4n) is 3.42. The van der Waals surface area contributed by atoms with Crippen molar-refractivity contribution in [2.45, 2.75) is 51.4 Å². The predicted octanol–water partition coefficient (Wildman–Crippen LogP) is 3.64. The number of morpholine rings is 1. The van der Waals surface area contributed by atoms with Crippen molar-refractivity contribution in [1.29, 1.82) is 0 Å². The first-order valence-corrected chi connectivity index (χ1v) is 9.03. The van der Waals surface area contributed by atoms with Crippen LogP contribution in [-0.2, 0) is 9.53 Å². The van der Waals surface area contributed by atoms with Crippen LogP contribution < -0.4 is 15.4 Å². The molecule has 140 valence electrons. The van der Waals surface area contributed by atoms with E-state index < -0.39 is 0 Å². The van der Waals surface area contributed by atoms with Crippen molar-refractivity contribution in [3.63, 3.8) is 0 Å². The molecule has 0 radical (unpaired) electrons. The van der Waals surface area contributed by atoms with Gasteiger partial charge in [0.2, 0.25) is 5.91 Å². The number of benzene rings is 1. The smallest absolute Gasteiger partial charge is 0.227 e. The molecule has 1 heterocycles. The van der Waals surface area contributed by atoms with Crippen LogP contribution in [0.2, 0.25) is 5.02 Å². The second kappa shape index (κ2) is 9.08. The largest absolute Gasteiger partial charge is 0.489 e. The van der Waals surface area contributed by atoms with Gasteiger partial charge in [0.05, 0.1) is 23.8 Å². The Balaban J connectivity index is 0.00000225. The molecule has 1 aliphatic carbocycles. The van der Waals surface area contributed by atoms with Gasteiger partial charge in [-0.1, -0.05) is 11.6 Å². The van der Waals surface area contributed by atoms with Gasteiger partial charge in [0.25, 0.3) is 0 Å². The zero-order valence-electron chi connectivity index (χ0n) is 14.6. The molecule has 1 saturated heterocycles. The first-order valence-electron chi connectivity index (χ1n) is 8.65. The minimum absolute atomic E-state index is 0. The summed E-state index contributed by atoms with van der Waals surface area (Å²) < 4.78 is 11.4. The molecule has 5 nitrogen and oxygen atoms in total. The molecule has 0 bridgehead atoms. The zero-order chi connectivity index (χ0) is 17.1. The molecule has 2 N–H and O–H groups in total. The summed E-state index contributed by atoms with van der Waals surface area (Å²) in [7, 11) is 0. The maximum absolute atomic E-state index is 12.6. The van der Waals surface area contributed by atoms with E-state index in [-0.39, 0.29) is 42.5 Å². The molecule has 1 saturated carbocycles. The number of hydrogen-bond donors (Lipinski definition) is 2. The number of nitrogens with one attached hydrogen (secondary N) is 2. The van der Waals surface area contributed by atoms with E-state index in [2.05, 4.69) is 10.6 Å². The topological polar surface area (TPSA) is 59.6 Å². The Morgan fingerprint density at radius 1 is 1.40 bits per heavy atom. The minimum Gasteiger partial charge on any atom is -0.489 e. The number of anilines is 1. The SMILES string of the molecule is CC(C)Oc1ccc(NC(=O)[C@H]2CC[C@H]3OCCN[C@@H]3C2)cc1Cl.Cl. The first kappa shape index (κ1) is 20.3. The quantitative estimate of drug-likeness (QED) is 0.826. The van der Waals surface area contributed by atoms with Crippen molar-refractivity contribution in [2.75, 3.05) is 18.5 Å². The molecule has 1 aromatic carbocycles. The standard InChI is InChI=1S/C18H25ClN2O3.ClH/c1-11(2)24-16-6-4-13(10-14(16)19)21-18(22)12-3-5-17-15(9-12)20-7-8-23-17;/h4,6,10-12,15,17,20H,3,5,7-9H2,1-2H3,(H,21,22);1H/t12-,15+,17+;/m0./s1. The lowest BCUT2D eigenvalue weighted by atomic mass is 9.82. The Labute approximate surface area is 160 Å². The first-order chi connectivity index (χ1) is 11.5. The molecule has 1 amide bonds. The second-order valence-electron chi connectivity index (χ2n) is 6.78. The summed E-state index contributed by atoms with van der Waals surface area (Å²) in [6.07, 6.45) is 2.92. The fraction of sp³-hybridized carbons (Fsp3) is 0.611. The van der Waals surface area contributed by atoms with Crippen LogP contribution in [0, 0.1) is 5.92 Å². The molecule has 0 spiro atoms. The molecule has 3 atom stereocenters. The van der Waals surface area contributed by atoms with E-state index >= 15 is 0 Å². The molecule has 2 fully saturated rings. The number of amides is 1. The van der Waals surface area contributed by atoms with Crippen molar-refractivity contribution >= 4 is 35.6 Å². The van der Waals surface area contributed by atoms with Crippen molar-refractivity contribution in [3.8, 4) is 5.75 Å². The number of carbonyl (C=O) groups excluding carboxylic acids is 1. The highest BCUT2D eigenvalue weighted by Crippen LogP contribution is 2.31. The van der Waals surface area contributed by atoms with E-state index in [4.69, 9.17) is 21.1 Å². The Hall–Kier alpha value is -1.01. The van der Waals surface area contributed by atoms with Gasteiger partial charge in [-0.3, -0.25) is 4.79 Å². The number of rotatable bonds is 4. The van der Waals surface area contributed by atoms with Crippen LogP contribution in [0.25, 0.3) is 0 Å². The summed E-state index contributed by atoms with van der Waals surface area (Å²) in [5, 5.41) is 6.95. The molecule has 25 heavy (non-hydrogen) atoms. The fourth-order valence-corrected chi connectivity index (χ4v) is 3.65. The van der Waals surface area contributed by atoms with Crippen LogP contribution in [-0.4, -0.2) is 37.3 Å². The van der Waals surface area contributed by atoms with E-state index in [1.54, 1.807) is 12.1 Å².